The second kappa shape index (κ2) is 10.4. The van der Waals surface area contributed by atoms with Crippen molar-refractivity contribution in [2.24, 2.45) is 0 Å². The third-order valence-electron chi connectivity index (χ3n) is 5.86. The van der Waals surface area contributed by atoms with Crippen molar-refractivity contribution >= 4 is 28.7 Å². The molecule has 0 aliphatic carbocycles. The van der Waals surface area contributed by atoms with Gasteiger partial charge in [0, 0.05) is 36.9 Å². The Morgan fingerprint density at radius 2 is 2.05 bits per heavy atom. The van der Waals surface area contributed by atoms with E-state index in [-0.39, 0.29) is 18.2 Å². The van der Waals surface area contributed by atoms with Crippen molar-refractivity contribution in [1.29, 1.82) is 5.26 Å². The number of rotatable bonds is 8. The highest BCUT2D eigenvalue weighted by Crippen LogP contribution is 2.24. The molecule has 194 valence electrons. The number of pyridine rings is 2. The fourth-order valence-corrected chi connectivity index (χ4v) is 3.69. The Kier molecular flexibility index (Phi) is 7.21. The number of ether oxygens (including phenoxy) is 1. The summed E-state index contributed by atoms with van der Waals surface area (Å²) in [5.74, 6) is -0.232. The number of anilines is 1. The second-order valence-electron chi connectivity index (χ2n) is 9.17. The zero-order valence-corrected chi connectivity index (χ0v) is 20.6. The summed E-state index contributed by atoms with van der Waals surface area (Å²) in [6.45, 7) is 4.98. The Hall–Kier alpha value is -4.31. The molecule has 3 N–H and O–H groups in total. The van der Waals surface area contributed by atoms with E-state index in [9.17, 15) is 19.1 Å². The van der Waals surface area contributed by atoms with Crippen molar-refractivity contribution in [3.63, 3.8) is 0 Å². The topological polar surface area (TPSA) is 158 Å². The van der Waals surface area contributed by atoms with Gasteiger partial charge in [-0.15, -0.1) is 0 Å². The third-order valence-corrected chi connectivity index (χ3v) is 5.86. The number of carbonyl (C=O) groups excluding carboxylic acids is 2. The zero-order chi connectivity index (χ0) is 26.7. The van der Waals surface area contributed by atoms with Crippen molar-refractivity contribution in [3.8, 4) is 11.9 Å². The quantitative estimate of drug-likeness (QED) is 0.411. The molecule has 12 nitrogen and oxygen atoms in total. The molecule has 37 heavy (non-hydrogen) atoms. The number of aromatic nitrogens is 4. The summed E-state index contributed by atoms with van der Waals surface area (Å²) >= 11 is 0. The first kappa shape index (κ1) is 25.8. The minimum absolute atomic E-state index is 0.150. The van der Waals surface area contributed by atoms with E-state index in [0.717, 1.165) is 0 Å². The number of carbonyl (C=O) groups is 2. The Labute approximate surface area is 212 Å². The summed E-state index contributed by atoms with van der Waals surface area (Å²) in [4.78, 5) is 35.0. The van der Waals surface area contributed by atoms with Crippen molar-refractivity contribution in [3.05, 3.63) is 41.9 Å². The lowest BCUT2D eigenvalue weighted by Crippen LogP contribution is -2.57. The molecule has 13 heteroatoms. The largest absolute Gasteiger partial charge is 0.450 e. The van der Waals surface area contributed by atoms with Gasteiger partial charge in [-0.3, -0.25) is 4.79 Å². The molecule has 1 atom stereocenters. The van der Waals surface area contributed by atoms with Crippen LogP contribution in [0.1, 0.15) is 36.7 Å². The zero-order valence-electron chi connectivity index (χ0n) is 20.6. The van der Waals surface area contributed by atoms with E-state index in [1.165, 1.54) is 35.8 Å². The van der Waals surface area contributed by atoms with Crippen LogP contribution in [0, 0.1) is 11.3 Å². The van der Waals surface area contributed by atoms with E-state index >= 15 is 0 Å². The number of alkyl halides is 1. The van der Waals surface area contributed by atoms with Gasteiger partial charge >= 0.3 is 6.09 Å². The molecule has 3 aromatic rings. The van der Waals surface area contributed by atoms with Crippen LogP contribution in [0.4, 0.5) is 14.9 Å². The van der Waals surface area contributed by atoms with Gasteiger partial charge in [-0.05, 0) is 26.8 Å². The van der Waals surface area contributed by atoms with Gasteiger partial charge < -0.3 is 25.4 Å². The molecule has 1 fully saturated rings. The lowest BCUT2D eigenvalue weighted by atomic mass is 10.0. The van der Waals surface area contributed by atoms with Crippen LogP contribution in [-0.2, 0) is 4.74 Å². The van der Waals surface area contributed by atoms with Crippen LogP contribution in [-0.4, -0.2) is 85.8 Å². The number of aliphatic hydroxyl groups is 1. The first-order valence-electron chi connectivity index (χ1n) is 11.7. The van der Waals surface area contributed by atoms with E-state index in [2.05, 4.69) is 25.7 Å². The minimum atomic E-state index is -1.68. The number of fused-ring (bicyclic) bond motifs is 1. The van der Waals surface area contributed by atoms with E-state index in [1.54, 1.807) is 25.3 Å². The SMILES string of the molecule is CCOC(=O)N1CC(Nc2cc(-n3ncc4cc(C#N)cnc43)ncc2C(=O)NC[C@@H](F)C(C)(C)O)C1. The monoisotopic (exact) mass is 510 g/mol. The van der Waals surface area contributed by atoms with E-state index in [4.69, 9.17) is 10.00 Å². The highest BCUT2D eigenvalue weighted by Gasteiger charge is 2.33. The number of halogens is 1. The van der Waals surface area contributed by atoms with Crippen molar-refractivity contribution in [2.75, 3.05) is 31.6 Å². The average molecular weight is 511 g/mol. The van der Waals surface area contributed by atoms with Crippen LogP contribution in [0.5, 0.6) is 0 Å². The number of nitrogens with one attached hydrogen (secondary N) is 2. The number of hydrogen-bond acceptors (Lipinski definition) is 9. The maximum atomic E-state index is 14.2. The molecule has 0 aromatic carbocycles. The van der Waals surface area contributed by atoms with Gasteiger partial charge in [0.05, 0.1) is 47.8 Å². The van der Waals surface area contributed by atoms with Gasteiger partial charge in [-0.2, -0.15) is 15.0 Å². The molecular weight excluding hydrogens is 483 g/mol. The van der Waals surface area contributed by atoms with Gasteiger partial charge in [0.1, 0.15) is 12.2 Å². The first-order valence-corrected chi connectivity index (χ1v) is 11.7. The second-order valence-corrected chi connectivity index (χ2v) is 9.17. The van der Waals surface area contributed by atoms with Crippen LogP contribution in [0.2, 0.25) is 0 Å². The predicted molar refractivity (Wildman–Crippen MR) is 131 cm³/mol. The maximum absolute atomic E-state index is 14.2. The maximum Gasteiger partial charge on any atom is 0.409 e. The van der Waals surface area contributed by atoms with Crippen LogP contribution < -0.4 is 10.6 Å². The summed E-state index contributed by atoms with van der Waals surface area (Å²) in [6.07, 6.45) is 2.23. The molecular formula is C24H27FN8O4. The van der Waals surface area contributed by atoms with Gasteiger partial charge in [-0.25, -0.2) is 19.2 Å². The summed E-state index contributed by atoms with van der Waals surface area (Å²) in [5.41, 5.74) is -0.206. The molecule has 4 rings (SSSR count). The fraction of sp³-hybridized carbons (Fsp3) is 0.417. The van der Waals surface area contributed by atoms with E-state index in [0.29, 0.717) is 41.2 Å². The number of nitriles is 1. The molecule has 3 aromatic heterocycles. The Morgan fingerprint density at radius 1 is 1.30 bits per heavy atom. The number of likely N-dealkylation sites (tertiary alicyclic amines) is 1. The Morgan fingerprint density at radius 3 is 2.73 bits per heavy atom. The van der Waals surface area contributed by atoms with Crippen LogP contribution in [0.3, 0.4) is 0 Å². The minimum Gasteiger partial charge on any atom is -0.450 e. The summed E-state index contributed by atoms with van der Waals surface area (Å²) < 4.78 is 20.7. The lowest BCUT2D eigenvalue weighted by Gasteiger charge is -2.39. The van der Waals surface area contributed by atoms with Gasteiger partial charge in [-0.1, -0.05) is 0 Å². The molecule has 2 amide bonds. The summed E-state index contributed by atoms with van der Waals surface area (Å²) in [7, 11) is 0. The Bertz CT molecular complexity index is 1360. The highest BCUT2D eigenvalue weighted by molar-refractivity contribution is 5.99. The fourth-order valence-electron chi connectivity index (χ4n) is 3.69. The number of hydrogen-bond donors (Lipinski definition) is 3. The standard InChI is InChI=1S/C24H27FN8O4/c1-4-37-23(35)32-12-16(13-32)31-18-6-20(33-21-15(9-30-33)5-14(7-26)8-28-21)27-10-17(18)22(34)29-11-19(25)24(2,3)36/h5-6,8-10,16,19,36H,4,11-13H2,1-3H3,(H,27,31)(H,29,34)/t19-/m1/s1. The molecule has 1 saturated heterocycles. The third kappa shape index (κ3) is 5.59. The molecule has 0 spiro atoms. The Balaban J connectivity index is 1.60. The first-order chi connectivity index (χ1) is 17.6. The van der Waals surface area contributed by atoms with Crippen molar-refractivity contribution < 1.29 is 23.8 Å². The van der Waals surface area contributed by atoms with Crippen LogP contribution in [0.15, 0.2) is 30.7 Å². The van der Waals surface area contributed by atoms with Crippen molar-refractivity contribution in [1.82, 2.24) is 30.0 Å². The van der Waals surface area contributed by atoms with E-state index in [1.807, 2.05) is 6.07 Å². The molecule has 0 saturated carbocycles. The van der Waals surface area contributed by atoms with Crippen molar-refractivity contribution in [2.45, 2.75) is 38.6 Å². The highest BCUT2D eigenvalue weighted by atomic mass is 19.1. The summed E-state index contributed by atoms with van der Waals surface area (Å²) in [6, 6.07) is 5.13. The number of amides is 2. The predicted octanol–water partition coefficient (Wildman–Crippen LogP) is 1.78. The normalized spacial score (nSPS) is 14.5. The average Bonchev–Trinajstić information content (AvgIpc) is 3.26. The van der Waals surface area contributed by atoms with Gasteiger partial charge in [0.25, 0.3) is 5.91 Å². The molecule has 0 bridgehead atoms. The van der Waals surface area contributed by atoms with Crippen LogP contribution >= 0.6 is 0 Å². The van der Waals surface area contributed by atoms with Gasteiger partial charge in [0.15, 0.2) is 11.5 Å². The molecule has 4 heterocycles. The van der Waals surface area contributed by atoms with Gasteiger partial charge in [0.2, 0.25) is 0 Å². The smallest absolute Gasteiger partial charge is 0.409 e. The molecule has 0 unspecified atom stereocenters. The van der Waals surface area contributed by atoms with Crippen LogP contribution in [0.25, 0.3) is 16.9 Å². The number of nitrogens with zero attached hydrogens (tertiary/aromatic N) is 6. The molecule has 1 aliphatic rings. The molecule has 1 aliphatic heterocycles. The van der Waals surface area contributed by atoms with E-state index < -0.39 is 30.3 Å². The lowest BCUT2D eigenvalue weighted by molar-refractivity contribution is -0.00178. The molecule has 0 radical (unpaired) electrons. The summed E-state index contributed by atoms with van der Waals surface area (Å²) in [5, 5.41) is 29.6.